The Hall–Kier alpha value is -2.88. The number of nitrogens with one attached hydrogen (secondary N) is 1. The maximum Gasteiger partial charge on any atom is 0.337 e. The van der Waals surface area contributed by atoms with E-state index in [1.54, 1.807) is 12.1 Å². The number of nitrogens with zero attached hydrogens (tertiary/aromatic N) is 1. The molecule has 1 aliphatic carbocycles. The number of benzene rings is 2. The first kappa shape index (κ1) is 16.6. The van der Waals surface area contributed by atoms with Crippen LogP contribution in [0.4, 0.5) is 0 Å². The van der Waals surface area contributed by atoms with Crippen molar-refractivity contribution in [1.82, 2.24) is 10.2 Å². The first-order valence-corrected chi connectivity index (χ1v) is 9.02. The van der Waals surface area contributed by atoms with Crippen molar-refractivity contribution in [2.75, 3.05) is 7.11 Å². The second-order valence-electron chi connectivity index (χ2n) is 6.88. The Morgan fingerprint density at radius 3 is 2.42 bits per heavy atom. The molecular formula is C22H22N2O2. The summed E-state index contributed by atoms with van der Waals surface area (Å²) in [4.78, 5) is 11.6. The second kappa shape index (κ2) is 6.79. The molecule has 26 heavy (non-hydrogen) atoms. The third kappa shape index (κ3) is 3.03. The van der Waals surface area contributed by atoms with Gasteiger partial charge in [0, 0.05) is 11.1 Å². The lowest BCUT2D eigenvalue weighted by molar-refractivity contribution is 0.0601. The van der Waals surface area contributed by atoms with E-state index in [0.717, 1.165) is 17.0 Å². The summed E-state index contributed by atoms with van der Waals surface area (Å²) >= 11 is 0. The fourth-order valence-electron chi connectivity index (χ4n) is 3.70. The molecule has 0 spiro atoms. The number of methoxy groups -OCH3 is 1. The van der Waals surface area contributed by atoms with Crippen LogP contribution in [-0.2, 0) is 17.6 Å². The van der Waals surface area contributed by atoms with Gasteiger partial charge in [0.15, 0.2) is 0 Å². The molecular weight excluding hydrogens is 324 g/mol. The molecule has 1 aliphatic rings. The molecule has 2 aromatic carbocycles. The number of hydrogen-bond donors (Lipinski definition) is 1. The van der Waals surface area contributed by atoms with Gasteiger partial charge in [0.2, 0.25) is 0 Å². The number of fused-ring (bicyclic) bond motifs is 1. The highest BCUT2D eigenvalue weighted by Crippen LogP contribution is 2.31. The van der Waals surface area contributed by atoms with E-state index >= 15 is 0 Å². The van der Waals surface area contributed by atoms with E-state index in [4.69, 9.17) is 4.74 Å². The summed E-state index contributed by atoms with van der Waals surface area (Å²) in [5.74, 6) is -0.330. The van der Waals surface area contributed by atoms with Gasteiger partial charge in [-0.05, 0) is 73.6 Å². The van der Waals surface area contributed by atoms with Crippen LogP contribution in [0.1, 0.15) is 39.9 Å². The van der Waals surface area contributed by atoms with Crippen LogP contribution in [0, 0.1) is 6.92 Å². The number of aromatic nitrogens is 2. The van der Waals surface area contributed by atoms with Crippen LogP contribution < -0.4 is 0 Å². The third-order valence-corrected chi connectivity index (χ3v) is 5.16. The van der Waals surface area contributed by atoms with Crippen molar-refractivity contribution < 1.29 is 9.53 Å². The molecule has 0 fully saturated rings. The van der Waals surface area contributed by atoms with Crippen LogP contribution in [0.25, 0.3) is 22.5 Å². The van der Waals surface area contributed by atoms with Crippen molar-refractivity contribution in [1.29, 1.82) is 0 Å². The molecule has 0 amide bonds. The van der Waals surface area contributed by atoms with Gasteiger partial charge in [-0.15, -0.1) is 0 Å². The van der Waals surface area contributed by atoms with Crippen molar-refractivity contribution in [2.24, 2.45) is 0 Å². The van der Waals surface area contributed by atoms with Crippen LogP contribution in [0.15, 0.2) is 42.5 Å². The molecule has 4 rings (SSSR count). The number of esters is 1. The van der Waals surface area contributed by atoms with Gasteiger partial charge in [-0.3, -0.25) is 5.10 Å². The minimum atomic E-state index is -0.330. The standard InChI is InChI=1S/C22H22N2O2/c1-14-11-17-5-3-4-6-18(17)12-19(14)21-13-20(23-24-21)15-7-9-16(10-8-15)22(25)26-2/h7-13H,3-6H2,1-2H3,(H,23,24). The minimum absolute atomic E-state index is 0.330. The molecule has 1 heterocycles. The fourth-order valence-corrected chi connectivity index (χ4v) is 3.70. The van der Waals surface area contributed by atoms with E-state index in [9.17, 15) is 4.79 Å². The fraction of sp³-hybridized carbons (Fsp3) is 0.273. The molecule has 1 N–H and O–H groups in total. The number of aryl methyl sites for hydroxylation is 3. The summed E-state index contributed by atoms with van der Waals surface area (Å²) in [6.07, 6.45) is 4.92. The Kier molecular flexibility index (Phi) is 4.33. The van der Waals surface area contributed by atoms with Gasteiger partial charge in [-0.2, -0.15) is 5.10 Å². The number of H-pyrrole nitrogens is 1. The molecule has 4 heteroatoms. The first-order chi connectivity index (χ1) is 12.7. The quantitative estimate of drug-likeness (QED) is 0.698. The molecule has 1 aromatic heterocycles. The summed E-state index contributed by atoms with van der Waals surface area (Å²) in [6, 6.07) is 14.0. The summed E-state index contributed by atoms with van der Waals surface area (Å²) < 4.78 is 4.74. The number of ether oxygens (including phenoxy) is 1. The molecule has 0 aliphatic heterocycles. The van der Waals surface area contributed by atoms with Crippen LogP contribution >= 0.6 is 0 Å². The highest BCUT2D eigenvalue weighted by molar-refractivity contribution is 5.90. The zero-order valence-electron chi connectivity index (χ0n) is 15.1. The smallest absolute Gasteiger partial charge is 0.337 e. The summed E-state index contributed by atoms with van der Waals surface area (Å²) in [5, 5.41) is 7.64. The zero-order valence-corrected chi connectivity index (χ0v) is 15.1. The lowest BCUT2D eigenvalue weighted by Crippen LogP contribution is -2.03. The summed E-state index contributed by atoms with van der Waals surface area (Å²) in [6.45, 7) is 2.16. The van der Waals surface area contributed by atoms with Gasteiger partial charge in [-0.25, -0.2) is 4.79 Å². The Labute approximate surface area is 153 Å². The third-order valence-electron chi connectivity index (χ3n) is 5.16. The van der Waals surface area contributed by atoms with Gasteiger partial charge < -0.3 is 4.74 Å². The highest BCUT2D eigenvalue weighted by atomic mass is 16.5. The van der Waals surface area contributed by atoms with Gasteiger partial charge >= 0.3 is 5.97 Å². The molecule has 0 radical (unpaired) electrons. The SMILES string of the molecule is COC(=O)c1ccc(-c2cc(-c3cc4c(cc3C)CCCC4)[nH]n2)cc1. The van der Waals surface area contributed by atoms with Crippen LogP contribution in [0.2, 0.25) is 0 Å². The average Bonchev–Trinajstić information content (AvgIpc) is 3.17. The highest BCUT2D eigenvalue weighted by Gasteiger charge is 2.15. The van der Waals surface area contributed by atoms with Crippen LogP contribution in [0.3, 0.4) is 0 Å². The van der Waals surface area contributed by atoms with E-state index in [0.29, 0.717) is 5.56 Å². The lowest BCUT2D eigenvalue weighted by Gasteiger charge is -2.18. The Morgan fingerprint density at radius 1 is 1.04 bits per heavy atom. The Morgan fingerprint density at radius 2 is 1.73 bits per heavy atom. The van der Waals surface area contributed by atoms with Crippen molar-refractivity contribution in [3.8, 4) is 22.5 Å². The molecule has 0 saturated carbocycles. The van der Waals surface area contributed by atoms with Crippen molar-refractivity contribution in [3.63, 3.8) is 0 Å². The molecule has 0 atom stereocenters. The largest absolute Gasteiger partial charge is 0.465 e. The Balaban J connectivity index is 1.65. The molecule has 0 bridgehead atoms. The van der Waals surface area contributed by atoms with E-state index in [1.807, 2.05) is 12.1 Å². The first-order valence-electron chi connectivity index (χ1n) is 9.02. The van der Waals surface area contributed by atoms with Crippen molar-refractivity contribution >= 4 is 5.97 Å². The Bertz CT molecular complexity index is 955. The van der Waals surface area contributed by atoms with E-state index in [2.05, 4.69) is 35.3 Å². The second-order valence-corrected chi connectivity index (χ2v) is 6.88. The van der Waals surface area contributed by atoms with Crippen LogP contribution in [0.5, 0.6) is 0 Å². The van der Waals surface area contributed by atoms with E-state index in [-0.39, 0.29) is 5.97 Å². The van der Waals surface area contributed by atoms with Gasteiger partial charge in [0.25, 0.3) is 0 Å². The minimum Gasteiger partial charge on any atom is -0.465 e. The zero-order chi connectivity index (χ0) is 18.1. The molecule has 3 aromatic rings. The predicted molar refractivity (Wildman–Crippen MR) is 102 cm³/mol. The summed E-state index contributed by atoms with van der Waals surface area (Å²) in [7, 11) is 1.39. The van der Waals surface area contributed by atoms with Gasteiger partial charge in [0.05, 0.1) is 24.1 Å². The maximum atomic E-state index is 11.6. The monoisotopic (exact) mass is 346 g/mol. The normalized spacial score (nSPS) is 13.3. The molecule has 0 unspecified atom stereocenters. The maximum absolute atomic E-state index is 11.6. The topological polar surface area (TPSA) is 55.0 Å². The average molecular weight is 346 g/mol. The molecule has 0 saturated heterocycles. The van der Waals surface area contributed by atoms with Crippen LogP contribution in [-0.4, -0.2) is 23.3 Å². The van der Waals surface area contributed by atoms with Gasteiger partial charge in [-0.1, -0.05) is 18.2 Å². The number of aromatic amines is 1. The van der Waals surface area contributed by atoms with Crippen molar-refractivity contribution in [2.45, 2.75) is 32.6 Å². The molecule has 4 nitrogen and oxygen atoms in total. The lowest BCUT2D eigenvalue weighted by atomic mass is 9.87. The van der Waals surface area contributed by atoms with E-state index in [1.165, 1.54) is 55.0 Å². The number of hydrogen-bond acceptors (Lipinski definition) is 3. The number of carbonyl (C=O) groups excluding carboxylic acids is 1. The predicted octanol–water partition coefficient (Wildman–Crippen LogP) is 4.72. The molecule has 132 valence electrons. The number of carbonyl (C=O) groups is 1. The van der Waals surface area contributed by atoms with E-state index < -0.39 is 0 Å². The van der Waals surface area contributed by atoms with Crippen molar-refractivity contribution in [3.05, 3.63) is 64.7 Å². The summed E-state index contributed by atoms with van der Waals surface area (Å²) in [5.41, 5.74) is 8.87. The van der Waals surface area contributed by atoms with Gasteiger partial charge in [0.1, 0.15) is 0 Å². The number of rotatable bonds is 3.